The highest BCUT2D eigenvalue weighted by Gasteiger charge is 2.13. The van der Waals surface area contributed by atoms with Crippen molar-refractivity contribution in [2.75, 3.05) is 27.2 Å². The molecule has 1 aromatic rings. The predicted molar refractivity (Wildman–Crippen MR) is 134 cm³/mol. The average Bonchev–Trinajstić information content (AvgIpc) is 2.61. The lowest BCUT2D eigenvalue weighted by Crippen LogP contribution is -2.45. The van der Waals surface area contributed by atoms with E-state index >= 15 is 0 Å². The van der Waals surface area contributed by atoms with E-state index < -0.39 is 0 Å². The number of benzene rings is 1. The van der Waals surface area contributed by atoms with Gasteiger partial charge in [-0.05, 0) is 59.7 Å². The maximum atomic E-state index is 4.37. The summed E-state index contributed by atoms with van der Waals surface area (Å²) in [5.74, 6) is 0.856. The second-order valence-corrected chi connectivity index (χ2v) is 8.06. The third-order valence-electron chi connectivity index (χ3n) is 5.08. The smallest absolute Gasteiger partial charge is 0.191 e. The molecule has 28 heavy (non-hydrogen) atoms. The van der Waals surface area contributed by atoms with Gasteiger partial charge >= 0.3 is 0 Å². The molecule has 0 saturated carbocycles. The van der Waals surface area contributed by atoms with Crippen LogP contribution in [0.2, 0.25) is 0 Å². The van der Waals surface area contributed by atoms with Crippen molar-refractivity contribution in [3.63, 3.8) is 0 Å². The first-order valence-electron chi connectivity index (χ1n) is 10.2. The minimum absolute atomic E-state index is 0. The molecule has 162 valence electrons. The highest BCUT2D eigenvalue weighted by atomic mass is 127. The van der Waals surface area contributed by atoms with Gasteiger partial charge in [0.15, 0.2) is 5.96 Å². The Morgan fingerprint density at radius 1 is 0.929 bits per heavy atom. The predicted octanol–water partition coefficient (Wildman–Crippen LogP) is 3.93. The Morgan fingerprint density at radius 2 is 1.50 bits per heavy atom. The van der Waals surface area contributed by atoms with Crippen molar-refractivity contribution in [2.24, 2.45) is 4.99 Å². The van der Waals surface area contributed by atoms with E-state index in [2.05, 4.69) is 98.3 Å². The standard InChI is InChI=1S/C22H41N5.HI/c1-17(2)26(8)16-21-12-10-9-11-20(21)15-25-22(23-7)24-13-14-27(18(3)4)19(5)6;/h9-12,17-19H,13-16H2,1-8H3,(H2,23,24,25);1H. The molecule has 2 N–H and O–H groups in total. The number of aliphatic imine (C=N–C) groups is 1. The molecule has 0 saturated heterocycles. The third-order valence-corrected chi connectivity index (χ3v) is 5.08. The minimum Gasteiger partial charge on any atom is -0.355 e. The van der Waals surface area contributed by atoms with Crippen LogP contribution in [-0.4, -0.2) is 61.1 Å². The largest absolute Gasteiger partial charge is 0.355 e. The molecule has 5 nitrogen and oxygen atoms in total. The van der Waals surface area contributed by atoms with Crippen LogP contribution in [0.3, 0.4) is 0 Å². The number of nitrogens with zero attached hydrogens (tertiary/aromatic N) is 3. The van der Waals surface area contributed by atoms with Gasteiger partial charge in [-0.15, -0.1) is 24.0 Å². The van der Waals surface area contributed by atoms with Crippen LogP contribution in [0.1, 0.15) is 52.7 Å². The summed E-state index contributed by atoms with van der Waals surface area (Å²) < 4.78 is 0. The summed E-state index contributed by atoms with van der Waals surface area (Å²) >= 11 is 0. The van der Waals surface area contributed by atoms with Crippen LogP contribution in [-0.2, 0) is 13.1 Å². The van der Waals surface area contributed by atoms with Gasteiger partial charge in [0.25, 0.3) is 0 Å². The molecule has 0 amide bonds. The van der Waals surface area contributed by atoms with Crippen molar-refractivity contribution in [1.29, 1.82) is 0 Å². The molecule has 0 bridgehead atoms. The normalized spacial score (nSPS) is 12.2. The lowest BCUT2D eigenvalue weighted by molar-refractivity contribution is 0.178. The molecule has 0 fully saturated rings. The number of hydrogen-bond donors (Lipinski definition) is 2. The monoisotopic (exact) mass is 503 g/mol. The maximum absolute atomic E-state index is 4.37. The average molecular weight is 504 g/mol. The van der Waals surface area contributed by atoms with Gasteiger partial charge in [0, 0.05) is 51.4 Å². The van der Waals surface area contributed by atoms with Crippen molar-refractivity contribution >= 4 is 29.9 Å². The van der Waals surface area contributed by atoms with Gasteiger partial charge in [-0.3, -0.25) is 14.8 Å². The fraction of sp³-hybridized carbons (Fsp3) is 0.682. The lowest BCUT2D eigenvalue weighted by Gasteiger charge is -2.30. The Bertz CT molecular complexity index is 564. The minimum atomic E-state index is 0. The third kappa shape index (κ3) is 9.56. The van der Waals surface area contributed by atoms with E-state index in [4.69, 9.17) is 0 Å². The molecule has 1 rings (SSSR count). The Balaban J connectivity index is 0.00000729. The van der Waals surface area contributed by atoms with Crippen molar-refractivity contribution in [2.45, 2.75) is 72.8 Å². The van der Waals surface area contributed by atoms with Gasteiger partial charge in [-0.25, -0.2) is 0 Å². The molecule has 0 radical (unpaired) electrons. The van der Waals surface area contributed by atoms with Gasteiger partial charge in [-0.1, -0.05) is 24.3 Å². The first-order valence-corrected chi connectivity index (χ1v) is 10.2. The SMILES string of the molecule is CN=C(NCCN(C(C)C)C(C)C)NCc1ccccc1CN(C)C(C)C.I. The summed E-state index contributed by atoms with van der Waals surface area (Å²) in [4.78, 5) is 9.22. The zero-order valence-electron chi connectivity index (χ0n) is 19.1. The zero-order chi connectivity index (χ0) is 20.4. The highest BCUT2D eigenvalue weighted by molar-refractivity contribution is 14.0. The van der Waals surface area contributed by atoms with E-state index in [-0.39, 0.29) is 24.0 Å². The summed E-state index contributed by atoms with van der Waals surface area (Å²) in [6, 6.07) is 10.3. The van der Waals surface area contributed by atoms with E-state index in [0.29, 0.717) is 18.1 Å². The van der Waals surface area contributed by atoms with Gasteiger partial charge in [0.2, 0.25) is 0 Å². The molecule has 0 atom stereocenters. The first-order chi connectivity index (χ1) is 12.8. The number of nitrogens with one attached hydrogen (secondary N) is 2. The van der Waals surface area contributed by atoms with Crippen LogP contribution >= 0.6 is 24.0 Å². The van der Waals surface area contributed by atoms with Crippen molar-refractivity contribution in [3.8, 4) is 0 Å². The lowest BCUT2D eigenvalue weighted by atomic mass is 10.1. The fourth-order valence-corrected chi connectivity index (χ4v) is 3.15. The van der Waals surface area contributed by atoms with Crippen molar-refractivity contribution in [3.05, 3.63) is 35.4 Å². The molecule has 0 aromatic heterocycles. The Hall–Kier alpha value is -0.860. The van der Waals surface area contributed by atoms with Crippen LogP contribution < -0.4 is 10.6 Å². The summed E-state index contributed by atoms with van der Waals surface area (Å²) in [6.07, 6.45) is 0. The van der Waals surface area contributed by atoms with E-state index in [1.165, 1.54) is 11.1 Å². The van der Waals surface area contributed by atoms with Crippen molar-refractivity contribution in [1.82, 2.24) is 20.4 Å². The summed E-state index contributed by atoms with van der Waals surface area (Å²) in [5, 5.41) is 6.91. The highest BCUT2D eigenvalue weighted by Crippen LogP contribution is 2.12. The molecule has 0 unspecified atom stereocenters. The van der Waals surface area contributed by atoms with E-state index in [1.54, 1.807) is 0 Å². The van der Waals surface area contributed by atoms with E-state index in [0.717, 1.165) is 32.1 Å². The van der Waals surface area contributed by atoms with Crippen LogP contribution in [0.15, 0.2) is 29.3 Å². The number of rotatable bonds is 10. The first kappa shape index (κ1) is 27.1. The molecule has 0 aliphatic heterocycles. The molecule has 6 heteroatoms. The van der Waals surface area contributed by atoms with Gasteiger partial charge in [0.1, 0.15) is 0 Å². The van der Waals surface area contributed by atoms with E-state index in [1.807, 2.05) is 7.05 Å². The van der Waals surface area contributed by atoms with Crippen LogP contribution in [0.5, 0.6) is 0 Å². The number of halogens is 1. The molecular formula is C22H42IN5. The Morgan fingerprint density at radius 3 is 2.00 bits per heavy atom. The van der Waals surface area contributed by atoms with Gasteiger partial charge in [-0.2, -0.15) is 0 Å². The topological polar surface area (TPSA) is 42.9 Å². The van der Waals surface area contributed by atoms with Crippen LogP contribution in [0, 0.1) is 0 Å². The van der Waals surface area contributed by atoms with Crippen LogP contribution in [0.4, 0.5) is 0 Å². The van der Waals surface area contributed by atoms with Crippen molar-refractivity contribution < 1.29 is 0 Å². The molecule has 0 spiro atoms. The summed E-state index contributed by atoms with van der Waals surface area (Å²) in [5.41, 5.74) is 2.68. The number of hydrogen-bond acceptors (Lipinski definition) is 3. The molecule has 0 aliphatic rings. The molecule has 1 aromatic carbocycles. The number of guanidine groups is 1. The van der Waals surface area contributed by atoms with E-state index in [9.17, 15) is 0 Å². The quantitative estimate of drug-likeness (QED) is 0.289. The van der Waals surface area contributed by atoms with Gasteiger partial charge < -0.3 is 10.6 Å². The second kappa shape index (κ2) is 14.2. The van der Waals surface area contributed by atoms with Gasteiger partial charge in [0.05, 0.1) is 0 Å². The maximum Gasteiger partial charge on any atom is 0.191 e. The fourth-order valence-electron chi connectivity index (χ4n) is 3.15. The Kier molecular flexibility index (Phi) is 13.7. The molecule has 0 heterocycles. The zero-order valence-corrected chi connectivity index (χ0v) is 21.5. The van der Waals surface area contributed by atoms with Crippen LogP contribution in [0.25, 0.3) is 0 Å². The molecular weight excluding hydrogens is 461 g/mol. The summed E-state index contributed by atoms with van der Waals surface area (Å²) in [6.45, 7) is 17.1. The Labute approximate surface area is 190 Å². The molecule has 0 aliphatic carbocycles. The summed E-state index contributed by atoms with van der Waals surface area (Å²) in [7, 11) is 4.00. The second-order valence-electron chi connectivity index (χ2n) is 8.06.